The van der Waals surface area contributed by atoms with Crippen LogP contribution in [0.15, 0.2) is 12.1 Å². The number of benzene rings is 1. The molecule has 1 atom stereocenters. The zero-order valence-corrected chi connectivity index (χ0v) is 11.6. The molecule has 0 aliphatic carbocycles. The first-order valence-corrected chi connectivity index (χ1v) is 6.43. The predicted octanol–water partition coefficient (Wildman–Crippen LogP) is 1.44. The lowest BCUT2D eigenvalue weighted by atomic mass is 10.1. The number of fused-ring (bicyclic) bond motifs is 1. The van der Waals surface area contributed by atoms with Gasteiger partial charge in [0.05, 0.1) is 6.61 Å². The van der Waals surface area contributed by atoms with E-state index in [1.165, 1.54) is 0 Å². The van der Waals surface area contributed by atoms with E-state index in [1.54, 1.807) is 20.1 Å². The largest absolute Gasteiger partial charge is 0.475 e. The van der Waals surface area contributed by atoms with Crippen molar-refractivity contribution >= 4 is 0 Å². The summed E-state index contributed by atoms with van der Waals surface area (Å²) < 4.78 is 21.3. The molecule has 1 unspecified atom stereocenters. The topological polar surface area (TPSA) is 72.7 Å². The highest BCUT2D eigenvalue weighted by Crippen LogP contribution is 2.38. The number of nitriles is 1. The Labute approximate surface area is 118 Å². The van der Waals surface area contributed by atoms with Crippen molar-refractivity contribution in [2.75, 3.05) is 27.1 Å². The highest BCUT2D eigenvalue weighted by molar-refractivity contribution is 5.52. The second kappa shape index (κ2) is 6.98. The molecule has 1 aliphatic heterocycles. The zero-order chi connectivity index (χ0) is 14.4. The number of ether oxygens (including phenoxy) is 4. The quantitative estimate of drug-likeness (QED) is 0.761. The molecule has 0 aromatic heterocycles. The van der Waals surface area contributed by atoms with E-state index in [0.717, 1.165) is 12.1 Å². The van der Waals surface area contributed by atoms with E-state index in [0.29, 0.717) is 30.4 Å². The van der Waals surface area contributed by atoms with E-state index in [-0.39, 0.29) is 6.79 Å². The third-order valence-corrected chi connectivity index (χ3v) is 2.84. The number of nitrogens with zero attached hydrogens (tertiary/aromatic N) is 1. The molecule has 0 radical (unpaired) electrons. The molecule has 108 valence electrons. The van der Waals surface area contributed by atoms with Crippen LogP contribution in [0.3, 0.4) is 0 Å². The van der Waals surface area contributed by atoms with Crippen molar-refractivity contribution in [1.29, 1.82) is 5.26 Å². The minimum absolute atomic E-state index is 0.211. The normalized spacial score (nSPS) is 13.8. The van der Waals surface area contributed by atoms with Gasteiger partial charge in [0.15, 0.2) is 17.6 Å². The zero-order valence-electron chi connectivity index (χ0n) is 11.6. The lowest BCUT2D eigenvalue weighted by Gasteiger charge is -2.14. The van der Waals surface area contributed by atoms with Crippen LogP contribution in [0.5, 0.6) is 17.2 Å². The van der Waals surface area contributed by atoms with E-state index >= 15 is 0 Å². The lowest BCUT2D eigenvalue weighted by molar-refractivity contribution is 0.173. The SMILES string of the molecule is COCCNCc1cc2c(cc1OC(C)C#N)OCO2. The molecule has 20 heavy (non-hydrogen) atoms. The summed E-state index contributed by atoms with van der Waals surface area (Å²) in [4.78, 5) is 0. The van der Waals surface area contributed by atoms with Crippen molar-refractivity contribution in [2.24, 2.45) is 0 Å². The molecule has 1 aromatic rings. The molecule has 6 heteroatoms. The van der Waals surface area contributed by atoms with Gasteiger partial charge in [-0.25, -0.2) is 0 Å². The van der Waals surface area contributed by atoms with Gasteiger partial charge in [0.2, 0.25) is 6.79 Å². The van der Waals surface area contributed by atoms with Gasteiger partial charge in [0, 0.05) is 31.8 Å². The fourth-order valence-electron chi connectivity index (χ4n) is 1.83. The second-order valence-electron chi connectivity index (χ2n) is 4.37. The third-order valence-electron chi connectivity index (χ3n) is 2.84. The first kappa shape index (κ1) is 14.4. The molecule has 0 fully saturated rings. The Morgan fingerprint density at radius 3 is 2.85 bits per heavy atom. The van der Waals surface area contributed by atoms with Crippen molar-refractivity contribution in [3.05, 3.63) is 17.7 Å². The number of hydrogen-bond donors (Lipinski definition) is 1. The molecular weight excluding hydrogens is 260 g/mol. The van der Waals surface area contributed by atoms with E-state index in [9.17, 15) is 0 Å². The van der Waals surface area contributed by atoms with Crippen molar-refractivity contribution in [3.63, 3.8) is 0 Å². The summed E-state index contributed by atoms with van der Waals surface area (Å²) in [5.41, 5.74) is 0.924. The van der Waals surface area contributed by atoms with Crippen molar-refractivity contribution in [2.45, 2.75) is 19.6 Å². The van der Waals surface area contributed by atoms with Gasteiger partial charge in [-0.3, -0.25) is 0 Å². The molecule has 1 heterocycles. The average molecular weight is 278 g/mol. The van der Waals surface area contributed by atoms with Crippen molar-refractivity contribution < 1.29 is 18.9 Å². The Morgan fingerprint density at radius 1 is 1.40 bits per heavy atom. The molecule has 0 spiro atoms. The minimum atomic E-state index is -0.520. The predicted molar refractivity (Wildman–Crippen MR) is 71.9 cm³/mol. The standard InChI is InChI=1S/C14H18N2O4/c1-10(7-15)20-12-6-14-13(18-9-19-14)5-11(12)8-16-3-4-17-2/h5-6,10,16H,3-4,8-9H2,1-2H3. The molecule has 6 nitrogen and oxygen atoms in total. The maximum Gasteiger partial charge on any atom is 0.231 e. The molecule has 0 saturated heterocycles. The van der Waals surface area contributed by atoms with Gasteiger partial charge in [-0.15, -0.1) is 0 Å². The summed E-state index contributed by atoms with van der Waals surface area (Å²) in [6, 6.07) is 5.69. The summed E-state index contributed by atoms with van der Waals surface area (Å²) >= 11 is 0. The number of rotatable bonds is 7. The maximum absolute atomic E-state index is 8.86. The van der Waals surface area contributed by atoms with E-state index < -0.39 is 6.10 Å². The lowest BCUT2D eigenvalue weighted by Crippen LogP contribution is -2.19. The number of hydrogen-bond acceptors (Lipinski definition) is 6. The highest BCUT2D eigenvalue weighted by Gasteiger charge is 2.19. The highest BCUT2D eigenvalue weighted by atomic mass is 16.7. The van der Waals surface area contributed by atoms with Crippen LogP contribution in [-0.2, 0) is 11.3 Å². The number of methoxy groups -OCH3 is 1. The van der Waals surface area contributed by atoms with Gasteiger partial charge >= 0.3 is 0 Å². The third kappa shape index (κ3) is 3.53. The van der Waals surface area contributed by atoms with E-state index in [4.69, 9.17) is 24.2 Å². The van der Waals surface area contributed by atoms with Gasteiger partial charge in [-0.05, 0) is 13.0 Å². The maximum atomic E-state index is 8.86. The van der Waals surface area contributed by atoms with Crippen LogP contribution < -0.4 is 19.5 Å². The molecule has 0 bridgehead atoms. The van der Waals surface area contributed by atoms with Crippen LogP contribution in [-0.4, -0.2) is 33.2 Å². The van der Waals surface area contributed by atoms with Gasteiger partial charge in [-0.1, -0.05) is 0 Å². The summed E-state index contributed by atoms with van der Waals surface area (Å²) in [6.07, 6.45) is -0.520. The summed E-state index contributed by atoms with van der Waals surface area (Å²) in [5, 5.41) is 12.1. The molecule has 2 rings (SSSR count). The molecule has 1 N–H and O–H groups in total. The van der Waals surface area contributed by atoms with Crippen LogP contribution in [0, 0.1) is 11.3 Å². The Kier molecular flexibility index (Phi) is 5.04. The van der Waals surface area contributed by atoms with Crippen LogP contribution in [0.25, 0.3) is 0 Å². The van der Waals surface area contributed by atoms with E-state index in [1.807, 2.05) is 6.07 Å². The van der Waals surface area contributed by atoms with Crippen LogP contribution in [0.1, 0.15) is 12.5 Å². The van der Waals surface area contributed by atoms with E-state index in [2.05, 4.69) is 11.4 Å². The smallest absolute Gasteiger partial charge is 0.231 e. The Hall–Kier alpha value is -1.97. The number of nitrogens with one attached hydrogen (secondary N) is 1. The molecule has 0 saturated carbocycles. The van der Waals surface area contributed by atoms with Gasteiger partial charge in [-0.2, -0.15) is 5.26 Å². The minimum Gasteiger partial charge on any atom is -0.475 e. The molecule has 1 aromatic carbocycles. The first-order chi connectivity index (χ1) is 9.74. The summed E-state index contributed by atoms with van der Waals surface area (Å²) in [7, 11) is 1.66. The second-order valence-corrected chi connectivity index (χ2v) is 4.37. The van der Waals surface area contributed by atoms with Gasteiger partial charge < -0.3 is 24.3 Å². The van der Waals surface area contributed by atoms with Gasteiger partial charge in [0.1, 0.15) is 11.8 Å². The van der Waals surface area contributed by atoms with Crippen LogP contribution in [0.4, 0.5) is 0 Å². The van der Waals surface area contributed by atoms with Crippen molar-refractivity contribution in [1.82, 2.24) is 5.32 Å². The molecule has 0 amide bonds. The van der Waals surface area contributed by atoms with Crippen molar-refractivity contribution in [3.8, 4) is 23.3 Å². The first-order valence-electron chi connectivity index (χ1n) is 6.43. The fraction of sp³-hybridized carbons (Fsp3) is 0.500. The molecular formula is C14H18N2O4. The molecule has 1 aliphatic rings. The summed E-state index contributed by atoms with van der Waals surface area (Å²) in [6.45, 7) is 3.89. The van der Waals surface area contributed by atoms with Gasteiger partial charge in [0.25, 0.3) is 0 Å². The monoisotopic (exact) mass is 278 g/mol. The Morgan fingerprint density at radius 2 is 2.15 bits per heavy atom. The van der Waals surface area contributed by atoms with Crippen LogP contribution >= 0.6 is 0 Å². The van der Waals surface area contributed by atoms with Crippen LogP contribution in [0.2, 0.25) is 0 Å². The fourth-order valence-corrected chi connectivity index (χ4v) is 1.83. The average Bonchev–Trinajstić information content (AvgIpc) is 2.90. The summed E-state index contributed by atoms with van der Waals surface area (Å²) in [5.74, 6) is 1.98. The Balaban J connectivity index is 2.12. The Bertz CT molecular complexity index is 499.